The van der Waals surface area contributed by atoms with Crippen molar-refractivity contribution in [3.05, 3.63) is 64.1 Å². The zero-order valence-electron chi connectivity index (χ0n) is 14.6. The van der Waals surface area contributed by atoms with Gasteiger partial charge in [0.05, 0.1) is 10.6 Å². The highest BCUT2D eigenvalue weighted by Crippen LogP contribution is 2.24. The number of amides is 1. The lowest BCUT2D eigenvalue weighted by atomic mass is 10.2. The molecule has 0 saturated heterocycles. The van der Waals surface area contributed by atoms with E-state index in [1.165, 1.54) is 18.2 Å². The number of carbonyl (C=O) groups excluding carboxylic acids is 1. The van der Waals surface area contributed by atoms with Crippen LogP contribution in [0.2, 0.25) is 10.0 Å². The highest BCUT2D eigenvalue weighted by molar-refractivity contribution is 7.91. The first-order valence-electron chi connectivity index (χ1n) is 8.12. The van der Waals surface area contributed by atoms with Crippen LogP contribution in [0.15, 0.2) is 52.9 Å². The van der Waals surface area contributed by atoms with Gasteiger partial charge >= 0.3 is 0 Å². The largest absolute Gasteiger partial charge is 0.492 e. The van der Waals surface area contributed by atoms with E-state index in [1.54, 1.807) is 12.1 Å². The summed E-state index contributed by atoms with van der Waals surface area (Å²) in [6.45, 7) is 0.180. The van der Waals surface area contributed by atoms with Crippen molar-refractivity contribution in [2.45, 2.75) is 4.34 Å². The van der Waals surface area contributed by atoms with Crippen molar-refractivity contribution < 1.29 is 17.9 Å². The van der Waals surface area contributed by atoms with Gasteiger partial charge in [-0.25, -0.2) is 13.1 Å². The van der Waals surface area contributed by atoms with Gasteiger partial charge in [0, 0.05) is 11.6 Å². The highest BCUT2D eigenvalue weighted by Gasteiger charge is 2.21. The zero-order chi connectivity index (χ0) is 20.9. The standard InChI is InChI=1S/C17H14Cl2N4O4S2/c18-11-6-7-13(14(19)10-11)15(24)21-16-22-23-17(28-16)29(25,26)20-8-9-27-12-4-2-1-3-5-12/h1-7,10,20H,8-9H2,(H,21,22,24). The van der Waals surface area contributed by atoms with E-state index in [2.05, 4.69) is 20.2 Å². The fourth-order valence-corrected chi connectivity index (χ4v) is 4.57. The molecule has 8 nitrogen and oxygen atoms in total. The van der Waals surface area contributed by atoms with Crippen LogP contribution >= 0.6 is 34.5 Å². The van der Waals surface area contributed by atoms with Gasteiger partial charge < -0.3 is 4.74 Å². The smallest absolute Gasteiger partial charge is 0.269 e. The molecule has 3 rings (SSSR count). The molecule has 1 heterocycles. The predicted octanol–water partition coefficient (Wildman–Crippen LogP) is 3.45. The van der Waals surface area contributed by atoms with Gasteiger partial charge in [0.2, 0.25) is 9.47 Å². The van der Waals surface area contributed by atoms with Crippen molar-refractivity contribution in [2.24, 2.45) is 0 Å². The Morgan fingerprint density at radius 2 is 1.86 bits per heavy atom. The van der Waals surface area contributed by atoms with Crippen LogP contribution < -0.4 is 14.8 Å². The Morgan fingerprint density at radius 1 is 1.10 bits per heavy atom. The summed E-state index contributed by atoms with van der Waals surface area (Å²) in [4.78, 5) is 12.3. The fraction of sp³-hybridized carbons (Fsp3) is 0.118. The minimum absolute atomic E-state index is 0.0157. The van der Waals surface area contributed by atoms with Crippen molar-refractivity contribution in [3.8, 4) is 5.75 Å². The zero-order valence-corrected chi connectivity index (χ0v) is 17.8. The van der Waals surface area contributed by atoms with Crippen LogP contribution in [0, 0.1) is 0 Å². The summed E-state index contributed by atoms with van der Waals surface area (Å²) in [6, 6.07) is 13.4. The molecule has 0 fully saturated rings. The number of para-hydroxylation sites is 1. The van der Waals surface area contributed by atoms with Crippen LogP contribution in [0.25, 0.3) is 0 Å². The molecule has 0 spiro atoms. The maximum atomic E-state index is 12.3. The normalized spacial score (nSPS) is 11.2. The Kier molecular flexibility index (Phi) is 7.04. The molecule has 0 unspecified atom stereocenters. The minimum Gasteiger partial charge on any atom is -0.492 e. The maximum Gasteiger partial charge on any atom is 0.269 e. The number of benzene rings is 2. The van der Waals surface area contributed by atoms with Crippen molar-refractivity contribution in [2.75, 3.05) is 18.5 Å². The number of nitrogens with zero attached hydrogens (tertiary/aromatic N) is 2. The lowest BCUT2D eigenvalue weighted by Gasteiger charge is -2.06. The van der Waals surface area contributed by atoms with Gasteiger partial charge in [-0.15, -0.1) is 10.2 Å². The molecule has 0 saturated carbocycles. The SMILES string of the molecule is O=C(Nc1nnc(S(=O)(=O)NCCOc2ccccc2)s1)c1ccc(Cl)cc1Cl. The Bertz CT molecular complexity index is 1110. The Balaban J connectivity index is 1.57. The van der Waals surface area contributed by atoms with E-state index in [0.717, 1.165) is 0 Å². The minimum atomic E-state index is -3.89. The Hall–Kier alpha value is -2.24. The molecule has 0 bridgehead atoms. The Labute approximate surface area is 180 Å². The van der Waals surface area contributed by atoms with Gasteiger partial charge in [-0.2, -0.15) is 0 Å². The summed E-state index contributed by atoms with van der Waals surface area (Å²) in [5.74, 6) is 0.0736. The molecule has 12 heteroatoms. The summed E-state index contributed by atoms with van der Waals surface area (Å²) >= 11 is 12.5. The first-order valence-corrected chi connectivity index (χ1v) is 11.2. The number of aromatic nitrogens is 2. The number of anilines is 1. The molecule has 0 atom stereocenters. The van der Waals surface area contributed by atoms with Crippen molar-refractivity contribution in [1.29, 1.82) is 0 Å². The van der Waals surface area contributed by atoms with E-state index >= 15 is 0 Å². The molecule has 2 N–H and O–H groups in total. The van der Waals surface area contributed by atoms with E-state index < -0.39 is 15.9 Å². The average Bonchev–Trinajstić information content (AvgIpc) is 3.15. The first-order chi connectivity index (χ1) is 13.8. The van der Waals surface area contributed by atoms with Crippen LogP contribution in [0.3, 0.4) is 0 Å². The quantitative estimate of drug-likeness (QED) is 0.383. The van der Waals surface area contributed by atoms with E-state index in [-0.39, 0.29) is 33.2 Å². The maximum absolute atomic E-state index is 12.3. The van der Waals surface area contributed by atoms with Gasteiger partial charge in [-0.1, -0.05) is 52.7 Å². The van der Waals surface area contributed by atoms with Gasteiger partial charge in [0.15, 0.2) is 0 Å². The predicted molar refractivity (Wildman–Crippen MR) is 111 cm³/mol. The molecule has 29 heavy (non-hydrogen) atoms. The molecule has 0 aliphatic rings. The third-order valence-electron chi connectivity index (χ3n) is 3.44. The summed E-state index contributed by atoms with van der Waals surface area (Å²) in [5.41, 5.74) is 0.173. The van der Waals surface area contributed by atoms with E-state index in [0.29, 0.717) is 22.1 Å². The van der Waals surface area contributed by atoms with Crippen LogP contribution in [0.5, 0.6) is 5.75 Å². The van der Waals surface area contributed by atoms with Crippen LogP contribution in [-0.4, -0.2) is 37.7 Å². The molecule has 0 aliphatic heterocycles. The lowest BCUT2D eigenvalue weighted by Crippen LogP contribution is -2.28. The number of hydrogen-bond acceptors (Lipinski definition) is 7. The molecular formula is C17H14Cl2N4O4S2. The third-order valence-corrected chi connectivity index (χ3v) is 6.65. The monoisotopic (exact) mass is 472 g/mol. The van der Waals surface area contributed by atoms with Crippen LogP contribution in [0.1, 0.15) is 10.4 Å². The molecule has 3 aromatic rings. The summed E-state index contributed by atoms with van der Waals surface area (Å²) in [5, 5.41) is 10.3. The van der Waals surface area contributed by atoms with E-state index in [9.17, 15) is 13.2 Å². The van der Waals surface area contributed by atoms with Gasteiger partial charge in [0.1, 0.15) is 12.4 Å². The van der Waals surface area contributed by atoms with Crippen LogP contribution in [0.4, 0.5) is 5.13 Å². The van der Waals surface area contributed by atoms with Crippen molar-refractivity contribution in [1.82, 2.24) is 14.9 Å². The van der Waals surface area contributed by atoms with Crippen molar-refractivity contribution >= 4 is 55.6 Å². The molecule has 152 valence electrons. The number of hydrogen-bond donors (Lipinski definition) is 2. The Morgan fingerprint density at radius 3 is 2.59 bits per heavy atom. The number of halogens is 2. The first kappa shape index (κ1) is 21.5. The second kappa shape index (κ2) is 9.51. The van der Waals surface area contributed by atoms with Gasteiger partial charge in [-0.3, -0.25) is 10.1 Å². The second-order valence-electron chi connectivity index (χ2n) is 5.51. The molecule has 2 aromatic carbocycles. The van der Waals surface area contributed by atoms with E-state index in [4.69, 9.17) is 27.9 Å². The summed E-state index contributed by atoms with van der Waals surface area (Å²) in [7, 11) is -3.89. The van der Waals surface area contributed by atoms with Crippen LogP contribution in [-0.2, 0) is 10.0 Å². The van der Waals surface area contributed by atoms with Gasteiger partial charge in [0.25, 0.3) is 15.9 Å². The van der Waals surface area contributed by atoms with Crippen molar-refractivity contribution in [3.63, 3.8) is 0 Å². The topological polar surface area (TPSA) is 110 Å². The molecule has 1 amide bonds. The molecule has 0 radical (unpaired) electrons. The van der Waals surface area contributed by atoms with E-state index in [1.807, 2.05) is 18.2 Å². The molecular weight excluding hydrogens is 459 g/mol. The number of nitrogens with one attached hydrogen (secondary N) is 2. The molecule has 1 aromatic heterocycles. The highest BCUT2D eigenvalue weighted by atomic mass is 35.5. The number of ether oxygens (including phenoxy) is 1. The lowest BCUT2D eigenvalue weighted by molar-refractivity contribution is 0.102. The second-order valence-corrected chi connectivity index (χ2v) is 9.27. The number of rotatable bonds is 8. The number of sulfonamides is 1. The fourth-order valence-electron chi connectivity index (χ4n) is 2.13. The molecule has 0 aliphatic carbocycles. The average molecular weight is 473 g/mol. The number of carbonyl (C=O) groups is 1. The summed E-state index contributed by atoms with van der Waals surface area (Å²) < 4.78 is 32.1. The van der Waals surface area contributed by atoms with Gasteiger partial charge in [-0.05, 0) is 30.3 Å². The third kappa shape index (κ3) is 5.87. The summed E-state index contributed by atoms with van der Waals surface area (Å²) in [6.07, 6.45) is 0.